The predicted octanol–water partition coefficient (Wildman–Crippen LogP) is 2.27. The normalized spacial score (nSPS) is 10.0. The van der Waals surface area contributed by atoms with Gasteiger partial charge in [0.1, 0.15) is 0 Å². The van der Waals surface area contributed by atoms with Gasteiger partial charge in [-0.3, -0.25) is 4.79 Å². The maximum Gasteiger partial charge on any atom is 0.231 e. The highest BCUT2D eigenvalue weighted by molar-refractivity contribution is 8.03. The molecule has 4 nitrogen and oxygen atoms in total. The summed E-state index contributed by atoms with van der Waals surface area (Å²) < 4.78 is 1.79. The lowest BCUT2D eigenvalue weighted by Crippen LogP contribution is -2.25. The Kier molecular flexibility index (Phi) is 7.89. The smallest absolute Gasteiger partial charge is 0.231 e. The molecule has 0 fully saturated rings. The van der Waals surface area contributed by atoms with Crippen LogP contribution in [0.2, 0.25) is 0 Å². The number of rotatable bonds is 8. The van der Waals surface area contributed by atoms with Crippen LogP contribution in [0.25, 0.3) is 0 Å². The van der Waals surface area contributed by atoms with Crippen LogP contribution < -0.4 is 5.32 Å². The topological polar surface area (TPSA) is 54.9 Å². The summed E-state index contributed by atoms with van der Waals surface area (Å²) in [6, 6.07) is 0. The van der Waals surface area contributed by atoms with Gasteiger partial charge in [-0.2, -0.15) is 0 Å². The number of hydrogen-bond donors (Lipinski definition) is 1. The Labute approximate surface area is 120 Å². The molecule has 0 unspecified atom stereocenters. The third kappa shape index (κ3) is 6.28. The fourth-order valence-electron chi connectivity index (χ4n) is 0.946. The van der Waals surface area contributed by atoms with E-state index in [0.29, 0.717) is 5.75 Å². The highest BCUT2D eigenvalue weighted by atomic mass is 32.2. The van der Waals surface area contributed by atoms with Crippen molar-refractivity contribution in [2.24, 2.45) is 0 Å². The summed E-state index contributed by atoms with van der Waals surface area (Å²) >= 11 is 4.64. The Morgan fingerprint density at radius 3 is 2.83 bits per heavy atom. The van der Waals surface area contributed by atoms with Gasteiger partial charge in [0, 0.05) is 5.75 Å². The van der Waals surface area contributed by atoms with Crippen molar-refractivity contribution >= 4 is 40.8 Å². The Morgan fingerprint density at radius 1 is 1.44 bits per heavy atom. The Balaban J connectivity index is 2.26. The summed E-state index contributed by atoms with van der Waals surface area (Å²) in [6.07, 6.45) is 7.42. The molecule has 7 heteroatoms. The minimum atomic E-state index is -0.0756. The Hall–Kier alpha value is -0.710. The van der Waals surface area contributed by atoms with E-state index in [-0.39, 0.29) is 12.5 Å². The minimum Gasteiger partial charge on any atom is -0.344 e. The molecule has 0 aromatic carbocycles. The number of carbonyl (C=O) groups is 1. The molecule has 18 heavy (non-hydrogen) atoms. The number of nitrogens with one attached hydrogen (secondary N) is 1. The molecule has 0 aliphatic carbocycles. The number of thioether (sulfide) groups is 2. The van der Waals surface area contributed by atoms with Crippen molar-refractivity contribution in [3.8, 4) is 12.3 Å². The van der Waals surface area contributed by atoms with E-state index < -0.39 is 0 Å². The summed E-state index contributed by atoms with van der Waals surface area (Å²) in [5, 5.41) is 10.7. The number of amides is 1. The third-order valence-corrected chi connectivity index (χ3v) is 5.10. The van der Waals surface area contributed by atoms with Crippen LogP contribution in [0.3, 0.4) is 0 Å². The van der Waals surface area contributed by atoms with Crippen molar-refractivity contribution in [2.45, 2.75) is 28.4 Å². The molecule has 0 aliphatic rings. The van der Waals surface area contributed by atoms with Crippen LogP contribution in [-0.2, 0) is 4.79 Å². The number of carbonyl (C=O) groups excluding carboxylic acids is 1. The van der Waals surface area contributed by atoms with E-state index in [4.69, 9.17) is 6.42 Å². The predicted molar refractivity (Wildman–Crippen MR) is 78.1 cm³/mol. The molecule has 1 aromatic rings. The molecule has 1 N–H and O–H groups in total. The molecule has 0 bridgehead atoms. The second-order valence-electron chi connectivity index (χ2n) is 3.31. The average molecular weight is 301 g/mol. The first-order chi connectivity index (χ1) is 8.76. The largest absolute Gasteiger partial charge is 0.344 e. The van der Waals surface area contributed by atoms with Gasteiger partial charge in [0.05, 0.1) is 12.3 Å². The number of hydrogen-bond acceptors (Lipinski definition) is 6. The maximum absolute atomic E-state index is 11.3. The van der Waals surface area contributed by atoms with Crippen LogP contribution in [-0.4, -0.2) is 34.2 Å². The molecule has 0 atom stereocenters. The summed E-state index contributed by atoms with van der Waals surface area (Å²) in [7, 11) is 0. The molecule has 0 radical (unpaired) electrons. The van der Waals surface area contributed by atoms with E-state index in [1.165, 1.54) is 35.9 Å². The SMILES string of the molecule is C#CCNC(=O)CSc1nnc(SCCCC)s1. The van der Waals surface area contributed by atoms with E-state index >= 15 is 0 Å². The number of unbranched alkanes of at least 4 members (excludes halogenated alkanes) is 1. The quantitative estimate of drug-likeness (QED) is 0.453. The summed E-state index contributed by atoms with van der Waals surface area (Å²) in [4.78, 5) is 11.3. The molecule has 1 amide bonds. The van der Waals surface area contributed by atoms with Crippen molar-refractivity contribution in [2.75, 3.05) is 18.1 Å². The van der Waals surface area contributed by atoms with E-state index in [9.17, 15) is 4.79 Å². The fraction of sp³-hybridized carbons (Fsp3) is 0.545. The van der Waals surface area contributed by atoms with E-state index in [0.717, 1.165) is 14.4 Å². The van der Waals surface area contributed by atoms with Crippen molar-refractivity contribution in [3.63, 3.8) is 0 Å². The van der Waals surface area contributed by atoms with Crippen LogP contribution in [0.1, 0.15) is 19.8 Å². The van der Waals surface area contributed by atoms with Crippen LogP contribution >= 0.6 is 34.9 Å². The zero-order valence-electron chi connectivity index (χ0n) is 10.1. The maximum atomic E-state index is 11.3. The van der Waals surface area contributed by atoms with E-state index in [1.807, 2.05) is 0 Å². The molecule has 1 aromatic heterocycles. The summed E-state index contributed by atoms with van der Waals surface area (Å²) in [6.45, 7) is 2.43. The Bertz CT molecular complexity index is 414. The van der Waals surface area contributed by atoms with Gasteiger partial charge in [0.2, 0.25) is 5.91 Å². The zero-order chi connectivity index (χ0) is 13.2. The molecule has 98 valence electrons. The molecule has 0 saturated carbocycles. The lowest BCUT2D eigenvalue weighted by Gasteiger charge is -1.98. The van der Waals surface area contributed by atoms with Crippen LogP contribution in [0, 0.1) is 12.3 Å². The molecular formula is C11H15N3OS3. The van der Waals surface area contributed by atoms with Crippen LogP contribution in [0.15, 0.2) is 8.68 Å². The highest BCUT2D eigenvalue weighted by Gasteiger charge is 2.07. The van der Waals surface area contributed by atoms with Gasteiger partial charge in [-0.05, 0) is 6.42 Å². The highest BCUT2D eigenvalue weighted by Crippen LogP contribution is 2.28. The van der Waals surface area contributed by atoms with Gasteiger partial charge in [-0.25, -0.2) is 0 Å². The average Bonchev–Trinajstić information content (AvgIpc) is 2.82. The minimum absolute atomic E-state index is 0.0756. The first kappa shape index (κ1) is 15.3. The van der Waals surface area contributed by atoms with Gasteiger partial charge < -0.3 is 5.32 Å². The van der Waals surface area contributed by atoms with Crippen LogP contribution in [0.5, 0.6) is 0 Å². The van der Waals surface area contributed by atoms with E-state index in [2.05, 4.69) is 28.4 Å². The lowest BCUT2D eigenvalue weighted by atomic mass is 10.4. The lowest BCUT2D eigenvalue weighted by molar-refractivity contribution is -0.118. The molecule has 1 rings (SSSR count). The number of nitrogens with zero attached hydrogens (tertiary/aromatic N) is 2. The van der Waals surface area contributed by atoms with Crippen molar-refractivity contribution in [1.82, 2.24) is 15.5 Å². The second kappa shape index (κ2) is 9.25. The fourth-order valence-corrected chi connectivity index (χ4v) is 3.95. The summed E-state index contributed by atoms with van der Waals surface area (Å²) in [5.74, 6) is 3.68. The molecule has 0 spiro atoms. The molecular weight excluding hydrogens is 286 g/mol. The van der Waals surface area contributed by atoms with Gasteiger partial charge in [0.15, 0.2) is 8.68 Å². The number of aromatic nitrogens is 2. The second-order valence-corrected chi connectivity index (χ2v) is 6.85. The van der Waals surface area contributed by atoms with E-state index in [1.54, 1.807) is 11.8 Å². The number of terminal acetylenes is 1. The monoisotopic (exact) mass is 301 g/mol. The molecule has 0 saturated heterocycles. The third-order valence-electron chi connectivity index (χ3n) is 1.83. The van der Waals surface area contributed by atoms with Crippen LogP contribution in [0.4, 0.5) is 0 Å². The van der Waals surface area contributed by atoms with Crippen molar-refractivity contribution < 1.29 is 4.79 Å². The first-order valence-corrected chi connectivity index (χ1v) is 8.34. The standard InChI is InChI=1S/C11H15N3OS3/c1-3-5-7-16-10-13-14-11(18-10)17-8-9(15)12-6-4-2/h2H,3,5-8H2,1H3,(H,12,15). The van der Waals surface area contributed by atoms with Gasteiger partial charge in [-0.15, -0.1) is 16.6 Å². The Morgan fingerprint density at radius 2 is 2.17 bits per heavy atom. The van der Waals surface area contributed by atoms with Gasteiger partial charge >= 0.3 is 0 Å². The first-order valence-electron chi connectivity index (χ1n) is 5.55. The van der Waals surface area contributed by atoms with Gasteiger partial charge in [-0.1, -0.05) is 54.1 Å². The zero-order valence-corrected chi connectivity index (χ0v) is 12.6. The molecule has 0 aliphatic heterocycles. The molecule has 1 heterocycles. The van der Waals surface area contributed by atoms with Crippen molar-refractivity contribution in [3.05, 3.63) is 0 Å². The van der Waals surface area contributed by atoms with Gasteiger partial charge in [0.25, 0.3) is 0 Å². The van der Waals surface area contributed by atoms with Crippen molar-refractivity contribution in [1.29, 1.82) is 0 Å². The summed E-state index contributed by atoms with van der Waals surface area (Å²) in [5.41, 5.74) is 0.